The zero-order valence-corrected chi connectivity index (χ0v) is 22.4. The number of rotatable bonds is 9. The summed E-state index contributed by atoms with van der Waals surface area (Å²) in [6.45, 7) is 2.34. The van der Waals surface area contributed by atoms with Gasteiger partial charge in [0.2, 0.25) is 0 Å². The predicted octanol–water partition coefficient (Wildman–Crippen LogP) is 4.65. The highest BCUT2D eigenvalue weighted by Crippen LogP contribution is 2.28. The minimum atomic E-state index is -4.07. The summed E-state index contributed by atoms with van der Waals surface area (Å²) in [7, 11) is -2.53. The van der Waals surface area contributed by atoms with Gasteiger partial charge in [-0.25, -0.2) is 13.2 Å². The van der Waals surface area contributed by atoms with E-state index in [4.69, 9.17) is 9.47 Å². The molecule has 0 aliphatic carbocycles. The molecule has 0 radical (unpaired) electrons. The summed E-state index contributed by atoms with van der Waals surface area (Å²) in [5.74, 6) is -0.397. The van der Waals surface area contributed by atoms with Crippen molar-refractivity contribution in [1.82, 2.24) is 4.90 Å². The minimum absolute atomic E-state index is 0.0555. The molecule has 0 unspecified atom stereocenters. The smallest absolute Gasteiger partial charge is 0.338 e. The number of methoxy groups -OCH3 is 1. The Morgan fingerprint density at radius 3 is 2.39 bits per heavy atom. The molecule has 3 aromatic carbocycles. The van der Waals surface area contributed by atoms with Gasteiger partial charge in [-0.2, -0.15) is 0 Å². The van der Waals surface area contributed by atoms with E-state index in [1.807, 2.05) is 37.3 Å². The van der Waals surface area contributed by atoms with Gasteiger partial charge >= 0.3 is 5.97 Å². The first-order valence-electron chi connectivity index (χ1n) is 12.6. The SMILES string of the molecule is COc1ccc(N(Cc2ccccc2)S(=O)(=O)c2cccc(C(=O)OCC(=O)N3CCCC[C@H]3C)c2)cc1. The van der Waals surface area contributed by atoms with Gasteiger partial charge in [-0.05, 0) is 74.2 Å². The van der Waals surface area contributed by atoms with Gasteiger partial charge in [-0.3, -0.25) is 9.10 Å². The molecule has 200 valence electrons. The maximum Gasteiger partial charge on any atom is 0.338 e. The Hall–Kier alpha value is -3.85. The van der Waals surface area contributed by atoms with Crippen molar-refractivity contribution in [1.29, 1.82) is 0 Å². The van der Waals surface area contributed by atoms with Crippen LogP contribution in [0.4, 0.5) is 5.69 Å². The van der Waals surface area contributed by atoms with Crippen LogP contribution in [0.2, 0.25) is 0 Å². The Labute approximate surface area is 223 Å². The van der Waals surface area contributed by atoms with Crippen LogP contribution in [0.5, 0.6) is 5.75 Å². The van der Waals surface area contributed by atoms with Gasteiger partial charge in [0.15, 0.2) is 6.61 Å². The topological polar surface area (TPSA) is 93.2 Å². The zero-order chi connectivity index (χ0) is 27.1. The van der Waals surface area contributed by atoms with Crippen molar-refractivity contribution in [2.75, 3.05) is 24.6 Å². The molecule has 9 heteroatoms. The highest BCUT2D eigenvalue weighted by molar-refractivity contribution is 7.92. The quantitative estimate of drug-likeness (QED) is 0.370. The van der Waals surface area contributed by atoms with E-state index < -0.39 is 16.0 Å². The molecule has 0 aromatic heterocycles. The Balaban J connectivity index is 1.56. The van der Waals surface area contributed by atoms with E-state index in [-0.39, 0.29) is 35.6 Å². The number of amides is 1. The first-order chi connectivity index (χ1) is 18.3. The molecule has 3 aromatic rings. The summed E-state index contributed by atoms with van der Waals surface area (Å²) in [6, 6.07) is 21.8. The van der Waals surface area contributed by atoms with Crippen molar-refractivity contribution in [2.45, 2.75) is 43.7 Å². The number of sulfonamides is 1. The highest BCUT2D eigenvalue weighted by atomic mass is 32.2. The Kier molecular flexibility index (Phi) is 8.68. The van der Waals surface area contributed by atoms with E-state index in [0.717, 1.165) is 24.8 Å². The summed E-state index contributed by atoms with van der Waals surface area (Å²) < 4.78 is 39.5. The van der Waals surface area contributed by atoms with E-state index >= 15 is 0 Å². The van der Waals surface area contributed by atoms with Crippen molar-refractivity contribution < 1.29 is 27.5 Å². The molecule has 0 N–H and O–H groups in total. The van der Waals surface area contributed by atoms with Crippen molar-refractivity contribution >= 4 is 27.6 Å². The van der Waals surface area contributed by atoms with Gasteiger partial charge in [0, 0.05) is 12.6 Å². The van der Waals surface area contributed by atoms with Crippen molar-refractivity contribution in [2.24, 2.45) is 0 Å². The first kappa shape index (κ1) is 27.2. The molecule has 8 nitrogen and oxygen atoms in total. The highest BCUT2D eigenvalue weighted by Gasteiger charge is 2.27. The number of piperidine rings is 1. The number of carbonyl (C=O) groups is 2. The number of nitrogens with zero attached hydrogens (tertiary/aromatic N) is 2. The summed E-state index contributed by atoms with van der Waals surface area (Å²) in [5, 5.41) is 0. The van der Waals surface area contributed by atoms with Crippen LogP contribution in [0.1, 0.15) is 42.1 Å². The van der Waals surface area contributed by atoms with Crippen LogP contribution in [0, 0.1) is 0 Å². The second kappa shape index (κ2) is 12.1. The number of ether oxygens (including phenoxy) is 2. The monoisotopic (exact) mass is 536 g/mol. The van der Waals surface area contributed by atoms with E-state index in [9.17, 15) is 18.0 Å². The maximum atomic E-state index is 13.9. The molecule has 1 aliphatic heterocycles. The molecule has 38 heavy (non-hydrogen) atoms. The summed E-state index contributed by atoms with van der Waals surface area (Å²) in [4.78, 5) is 27.0. The van der Waals surface area contributed by atoms with Crippen LogP contribution in [-0.4, -0.2) is 51.5 Å². The second-order valence-electron chi connectivity index (χ2n) is 9.23. The molecular formula is C29H32N2O6S. The number of benzene rings is 3. The molecule has 1 atom stereocenters. The minimum Gasteiger partial charge on any atom is -0.497 e. The molecular weight excluding hydrogens is 504 g/mol. The van der Waals surface area contributed by atoms with Crippen molar-refractivity contribution in [3.63, 3.8) is 0 Å². The van der Waals surface area contributed by atoms with Crippen LogP contribution in [0.15, 0.2) is 83.8 Å². The number of esters is 1. The van der Waals surface area contributed by atoms with E-state index in [2.05, 4.69) is 0 Å². The number of carbonyl (C=O) groups excluding carboxylic acids is 2. The molecule has 4 rings (SSSR count). The lowest BCUT2D eigenvalue weighted by molar-refractivity contribution is -0.137. The lowest BCUT2D eigenvalue weighted by atomic mass is 10.0. The van der Waals surface area contributed by atoms with Gasteiger partial charge in [-0.15, -0.1) is 0 Å². The number of anilines is 1. The van der Waals surface area contributed by atoms with Gasteiger partial charge < -0.3 is 14.4 Å². The number of likely N-dealkylation sites (tertiary alicyclic amines) is 1. The van der Waals surface area contributed by atoms with Crippen molar-refractivity contribution in [3.05, 3.63) is 90.0 Å². The third kappa shape index (κ3) is 6.34. The van der Waals surface area contributed by atoms with E-state index in [1.54, 1.807) is 36.3 Å². The Morgan fingerprint density at radius 2 is 1.71 bits per heavy atom. The Bertz CT molecular complexity index is 1360. The molecule has 0 spiro atoms. The lowest BCUT2D eigenvalue weighted by Crippen LogP contribution is -2.44. The molecule has 1 aliphatic rings. The fourth-order valence-electron chi connectivity index (χ4n) is 4.49. The van der Waals surface area contributed by atoms with Crippen LogP contribution in [0.25, 0.3) is 0 Å². The first-order valence-corrected chi connectivity index (χ1v) is 14.0. The van der Waals surface area contributed by atoms with Crippen LogP contribution < -0.4 is 9.04 Å². The summed E-state index contributed by atoms with van der Waals surface area (Å²) in [5.41, 5.74) is 1.30. The molecule has 1 heterocycles. The third-order valence-electron chi connectivity index (χ3n) is 6.64. The van der Waals surface area contributed by atoms with Crippen LogP contribution in [0.3, 0.4) is 0 Å². The fraction of sp³-hybridized carbons (Fsp3) is 0.310. The zero-order valence-electron chi connectivity index (χ0n) is 21.6. The third-order valence-corrected chi connectivity index (χ3v) is 8.41. The van der Waals surface area contributed by atoms with Gasteiger partial charge in [0.05, 0.1) is 29.8 Å². The second-order valence-corrected chi connectivity index (χ2v) is 11.1. The fourth-order valence-corrected chi connectivity index (χ4v) is 5.98. The normalized spacial score (nSPS) is 15.5. The van der Waals surface area contributed by atoms with Crippen molar-refractivity contribution in [3.8, 4) is 5.75 Å². The largest absolute Gasteiger partial charge is 0.497 e. The molecule has 1 fully saturated rings. The average Bonchev–Trinajstić information content (AvgIpc) is 2.95. The van der Waals surface area contributed by atoms with Gasteiger partial charge in [0.1, 0.15) is 5.75 Å². The van der Waals surface area contributed by atoms with Crippen LogP contribution in [-0.2, 0) is 26.1 Å². The molecule has 0 bridgehead atoms. The summed E-state index contributed by atoms with van der Waals surface area (Å²) >= 11 is 0. The average molecular weight is 537 g/mol. The molecule has 0 saturated carbocycles. The maximum absolute atomic E-state index is 13.9. The standard InChI is InChI=1S/C29H32N2O6S/c1-22-9-6-7-18-30(22)28(32)21-37-29(33)24-12-8-13-27(19-24)38(34,35)31(20-23-10-4-3-5-11-23)25-14-16-26(36-2)17-15-25/h3-5,8,10-17,19,22H,6-7,9,18,20-21H2,1-2H3/t22-/m1/s1. The van der Waals surface area contributed by atoms with Gasteiger partial charge in [-0.1, -0.05) is 36.4 Å². The number of hydrogen-bond donors (Lipinski definition) is 0. The lowest BCUT2D eigenvalue weighted by Gasteiger charge is -2.33. The van der Waals surface area contributed by atoms with E-state index in [1.165, 1.54) is 28.6 Å². The molecule has 1 saturated heterocycles. The van der Waals surface area contributed by atoms with E-state index in [0.29, 0.717) is 18.0 Å². The number of hydrogen-bond acceptors (Lipinski definition) is 6. The van der Waals surface area contributed by atoms with Crippen LogP contribution >= 0.6 is 0 Å². The Morgan fingerprint density at radius 1 is 0.974 bits per heavy atom. The summed E-state index contributed by atoms with van der Waals surface area (Å²) in [6.07, 6.45) is 2.93. The van der Waals surface area contributed by atoms with Gasteiger partial charge in [0.25, 0.3) is 15.9 Å². The molecule has 1 amide bonds. The predicted molar refractivity (Wildman–Crippen MR) is 145 cm³/mol.